The summed E-state index contributed by atoms with van der Waals surface area (Å²) < 4.78 is 5.82. The summed E-state index contributed by atoms with van der Waals surface area (Å²) in [4.78, 5) is 22.3. The lowest BCUT2D eigenvalue weighted by atomic mass is 10.1. The third kappa shape index (κ3) is 2.87. The minimum atomic E-state index is -0.786. The Morgan fingerprint density at radius 3 is 2.67 bits per heavy atom. The molecule has 1 N–H and O–H groups in total. The molecule has 0 saturated carbocycles. The van der Waals surface area contributed by atoms with Crippen LogP contribution in [0.4, 0.5) is 5.69 Å². The van der Waals surface area contributed by atoms with Gasteiger partial charge in [0.2, 0.25) is 5.69 Å². The molecule has 0 aliphatic carbocycles. The molecular formula is C13H11N4O4+. The Morgan fingerprint density at radius 1 is 1.48 bits per heavy atom. The first-order chi connectivity index (χ1) is 10.1. The van der Waals surface area contributed by atoms with Crippen molar-refractivity contribution in [1.29, 1.82) is 5.26 Å². The van der Waals surface area contributed by atoms with E-state index in [1.54, 1.807) is 24.3 Å². The molecule has 0 fully saturated rings. The molecule has 21 heavy (non-hydrogen) atoms. The van der Waals surface area contributed by atoms with E-state index in [-0.39, 0.29) is 17.9 Å². The van der Waals surface area contributed by atoms with Crippen molar-refractivity contribution in [2.45, 2.75) is 6.54 Å². The standard InChI is InChI=1S/C13H11N4O4/c1-21-13(18)12-11(17(19)20)7-15-16(12)8-10-4-2-9(6-14)3-5-10/h2-5,7H,8H2,1H3,(H,19,20)/q+1. The van der Waals surface area contributed by atoms with E-state index in [1.807, 2.05) is 6.07 Å². The molecule has 1 aromatic carbocycles. The van der Waals surface area contributed by atoms with E-state index >= 15 is 0 Å². The smallest absolute Gasteiger partial charge is 0.368 e. The van der Waals surface area contributed by atoms with Gasteiger partial charge in [0.25, 0.3) is 4.92 Å². The summed E-state index contributed by atoms with van der Waals surface area (Å²) >= 11 is 0. The lowest BCUT2D eigenvalue weighted by Crippen LogP contribution is -2.14. The van der Waals surface area contributed by atoms with Gasteiger partial charge in [-0.1, -0.05) is 12.1 Å². The quantitative estimate of drug-likeness (QED) is 0.672. The minimum absolute atomic E-state index is 0.153. The fourth-order valence-electron chi connectivity index (χ4n) is 1.80. The van der Waals surface area contributed by atoms with Crippen molar-refractivity contribution in [1.82, 2.24) is 9.78 Å². The summed E-state index contributed by atoms with van der Waals surface area (Å²) in [5, 5.41) is 21.6. The average Bonchev–Trinajstić information content (AvgIpc) is 2.91. The predicted molar refractivity (Wildman–Crippen MR) is 68.9 cm³/mol. The van der Waals surface area contributed by atoms with E-state index < -0.39 is 10.9 Å². The number of aromatic nitrogens is 2. The molecule has 0 bridgehead atoms. The van der Waals surface area contributed by atoms with Crippen LogP contribution in [0.2, 0.25) is 0 Å². The number of nitrogens with zero attached hydrogens (tertiary/aromatic N) is 4. The second-order valence-electron chi connectivity index (χ2n) is 4.11. The van der Waals surface area contributed by atoms with Gasteiger partial charge in [-0.25, -0.2) is 14.7 Å². The van der Waals surface area contributed by atoms with Gasteiger partial charge in [0, 0.05) is 0 Å². The van der Waals surface area contributed by atoms with Crippen molar-refractivity contribution in [3.63, 3.8) is 0 Å². The van der Waals surface area contributed by atoms with E-state index in [2.05, 4.69) is 9.84 Å². The van der Waals surface area contributed by atoms with Crippen molar-refractivity contribution in [3.8, 4) is 6.07 Å². The number of methoxy groups -OCH3 is 1. The van der Waals surface area contributed by atoms with Crippen LogP contribution in [0.3, 0.4) is 0 Å². The van der Waals surface area contributed by atoms with Crippen LogP contribution in [-0.4, -0.2) is 33.0 Å². The van der Waals surface area contributed by atoms with Gasteiger partial charge < -0.3 is 4.74 Å². The molecule has 106 valence electrons. The molecule has 0 radical (unpaired) electrons. The number of hydrogen-bond donors (Lipinski definition) is 1. The lowest BCUT2D eigenvalue weighted by molar-refractivity contribution is -0.729. The summed E-state index contributed by atoms with van der Waals surface area (Å²) in [6, 6.07) is 8.66. The molecule has 8 nitrogen and oxygen atoms in total. The van der Waals surface area contributed by atoms with Crippen molar-refractivity contribution < 1.29 is 19.7 Å². The van der Waals surface area contributed by atoms with E-state index in [9.17, 15) is 9.70 Å². The number of carbonyl (C=O) groups is 1. The summed E-state index contributed by atoms with van der Waals surface area (Å²) in [6.07, 6.45) is 1.07. The van der Waals surface area contributed by atoms with Crippen LogP contribution in [0.15, 0.2) is 30.5 Å². The van der Waals surface area contributed by atoms with E-state index in [4.69, 9.17) is 10.5 Å². The molecule has 0 atom stereocenters. The summed E-state index contributed by atoms with van der Waals surface area (Å²) in [7, 11) is 1.16. The summed E-state index contributed by atoms with van der Waals surface area (Å²) in [6.45, 7) is 0.185. The van der Waals surface area contributed by atoms with Gasteiger partial charge in [0.15, 0.2) is 0 Å². The number of hydrogen-bond acceptors (Lipinski definition) is 5. The molecular weight excluding hydrogens is 276 g/mol. The molecule has 0 spiro atoms. The maximum Gasteiger partial charge on any atom is 0.368 e. The summed E-state index contributed by atoms with van der Waals surface area (Å²) in [5.41, 5.74) is 0.827. The molecule has 1 heterocycles. The predicted octanol–water partition coefficient (Wildman–Crippen LogP) is 1.39. The Kier molecular flexibility index (Phi) is 3.95. The van der Waals surface area contributed by atoms with Crippen molar-refractivity contribution in [2.75, 3.05) is 7.11 Å². The molecule has 0 aliphatic heterocycles. The number of esters is 1. The molecule has 0 saturated heterocycles. The lowest BCUT2D eigenvalue weighted by Gasteiger charge is -2.05. The Morgan fingerprint density at radius 2 is 2.14 bits per heavy atom. The fraction of sp³-hybridized carbons (Fsp3) is 0.154. The van der Waals surface area contributed by atoms with Crippen LogP contribution < -0.4 is 0 Å². The van der Waals surface area contributed by atoms with Crippen molar-refractivity contribution in [2.24, 2.45) is 0 Å². The molecule has 1 aromatic heterocycles. The highest BCUT2D eigenvalue weighted by molar-refractivity contribution is 5.91. The van der Waals surface area contributed by atoms with Crippen LogP contribution in [0.25, 0.3) is 0 Å². The van der Waals surface area contributed by atoms with Crippen molar-refractivity contribution in [3.05, 3.63) is 52.2 Å². The Balaban J connectivity index is 2.37. The van der Waals surface area contributed by atoms with Gasteiger partial charge in [-0.05, 0) is 17.7 Å². The van der Waals surface area contributed by atoms with E-state index in [0.717, 1.165) is 18.9 Å². The van der Waals surface area contributed by atoms with Gasteiger partial charge in [0.1, 0.15) is 6.20 Å². The average molecular weight is 287 g/mol. The number of nitriles is 1. The third-order valence-electron chi connectivity index (χ3n) is 2.82. The summed E-state index contributed by atoms with van der Waals surface area (Å²) in [5.74, 6) is -0.786. The maximum absolute atomic E-state index is 11.7. The maximum atomic E-state index is 11.7. The fourth-order valence-corrected chi connectivity index (χ4v) is 1.80. The van der Waals surface area contributed by atoms with Crippen LogP contribution in [-0.2, 0) is 11.3 Å². The molecule has 0 aliphatic rings. The molecule has 8 heteroatoms. The first kappa shape index (κ1) is 14.2. The number of rotatable bonds is 4. The normalized spacial score (nSPS) is 9.90. The zero-order valence-electron chi connectivity index (χ0n) is 11.1. The molecule has 2 rings (SSSR count). The van der Waals surface area contributed by atoms with Crippen LogP contribution >= 0.6 is 0 Å². The van der Waals surface area contributed by atoms with Crippen molar-refractivity contribution >= 4 is 11.7 Å². The number of ether oxygens (including phenoxy) is 1. The molecule has 0 unspecified atom stereocenters. The highest BCUT2D eigenvalue weighted by atomic mass is 16.6. The van der Waals surface area contributed by atoms with Crippen LogP contribution in [0, 0.1) is 16.2 Å². The molecule has 2 aromatic rings. The Hall–Kier alpha value is -3.21. The minimum Gasteiger partial charge on any atom is -0.464 e. The number of benzene rings is 1. The SMILES string of the molecule is COC(=O)c1c([N+](=O)O)cnn1Cc1ccc(C#N)cc1. The van der Waals surface area contributed by atoms with Gasteiger partial charge in [-0.3, -0.25) is 0 Å². The van der Waals surface area contributed by atoms with E-state index in [0.29, 0.717) is 5.56 Å². The first-order valence-electron chi connectivity index (χ1n) is 5.86. The zero-order valence-corrected chi connectivity index (χ0v) is 11.1. The van der Waals surface area contributed by atoms with Crippen LogP contribution in [0.5, 0.6) is 0 Å². The zero-order chi connectivity index (χ0) is 15.4. The highest BCUT2D eigenvalue weighted by Crippen LogP contribution is 2.19. The van der Waals surface area contributed by atoms with Gasteiger partial charge in [-0.15, -0.1) is 0 Å². The Bertz CT molecular complexity index is 728. The third-order valence-corrected chi connectivity index (χ3v) is 2.82. The second-order valence-corrected chi connectivity index (χ2v) is 4.11. The highest BCUT2D eigenvalue weighted by Gasteiger charge is 2.31. The molecule has 0 amide bonds. The first-order valence-corrected chi connectivity index (χ1v) is 5.86. The number of carbonyl (C=O) groups excluding carboxylic acids is 1. The van der Waals surface area contributed by atoms with Gasteiger partial charge >= 0.3 is 11.7 Å². The Labute approximate surface area is 119 Å². The topological polar surface area (TPSA) is 108 Å². The van der Waals surface area contributed by atoms with E-state index in [1.165, 1.54) is 4.68 Å². The monoisotopic (exact) mass is 287 g/mol. The van der Waals surface area contributed by atoms with Crippen LogP contribution in [0.1, 0.15) is 21.6 Å². The largest absolute Gasteiger partial charge is 0.464 e. The van der Waals surface area contributed by atoms with Gasteiger partial charge in [0.05, 0.1) is 30.2 Å². The second kappa shape index (κ2) is 5.83. The van der Waals surface area contributed by atoms with Gasteiger partial charge in [-0.2, -0.15) is 10.4 Å².